The minimum absolute atomic E-state index is 0.353. The molecule has 0 unspecified atom stereocenters. The first-order chi connectivity index (χ1) is 9.80. The molecule has 0 bridgehead atoms. The average Bonchev–Trinajstić information content (AvgIpc) is 2.50. The third-order valence-electron chi connectivity index (χ3n) is 2.78. The van der Waals surface area contributed by atoms with Crippen LogP contribution in [0.2, 0.25) is 0 Å². The number of methoxy groups -OCH3 is 1. The Labute approximate surface area is 120 Å². The summed E-state index contributed by atoms with van der Waals surface area (Å²) in [7, 11) is 1.63. The fraction of sp³-hybridized carbons (Fsp3) is 0.353. The molecule has 0 amide bonds. The molecule has 1 aromatic carbocycles. The zero-order valence-corrected chi connectivity index (χ0v) is 12.2. The SMILES string of the molecule is C/C=C/CCCOC/C(C=O)=C/c1ccc(OC)cc1. The number of aldehydes is 1. The molecule has 108 valence electrons. The summed E-state index contributed by atoms with van der Waals surface area (Å²) in [5.74, 6) is 0.801. The molecule has 0 aliphatic carbocycles. The van der Waals surface area contributed by atoms with Crippen LogP contribution in [0, 0.1) is 0 Å². The number of carbonyl (C=O) groups is 1. The number of rotatable bonds is 9. The van der Waals surface area contributed by atoms with E-state index >= 15 is 0 Å². The highest BCUT2D eigenvalue weighted by Gasteiger charge is 1.98. The molecule has 0 radical (unpaired) electrons. The molecule has 20 heavy (non-hydrogen) atoms. The molecule has 3 heteroatoms. The standard InChI is InChI=1S/C17H22O3/c1-3-4-5-6-11-20-14-16(13-18)12-15-7-9-17(19-2)10-8-15/h3-4,7-10,12-13H,5-6,11,14H2,1-2H3/b4-3+,16-12+. The fourth-order valence-corrected chi connectivity index (χ4v) is 1.68. The van der Waals surface area contributed by atoms with E-state index in [1.165, 1.54) is 0 Å². The van der Waals surface area contributed by atoms with Crippen LogP contribution in [-0.2, 0) is 9.53 Å². The van der Waals surface area contributed by atoms with E-state index in [0.717, 1.165) is 30.4 Å². The van der Waals surface area contributed by atoms with Crippen molar-refractivity contribution in [1.29, 1.82) is 0 Å². The summed E-state index contributed by atoms with van der Waals surface area (Å²) in [4.78, 5) is 11.0. The lowest BCUT2D eigenvalue weighted by molar-refractivity contribution is -0.105. The van der Waals surface area contributed by atoms with Gasteiger partial charge in [0.05, 0.1) is 13.7 Å². The summed E-state index contributed by atoms with van der Waals surface area (Å²) < 4.78 is 10.6. The van der Waals surface area contributed by atoms with Crippen LogP contribution in [0.15, 0.2) is 42.0 Å². The van der Waals surface area contributed by atoms with Gasteiger partial charge in [-0.25, -0.2) is 0 Å². The predicted molar refractivity (Wildman–Crippen MR) is 81.9 cm³/mol. The fourth-order valence-electron chi connectivity index (χ4n) is 1.68. The van der Waals surface area contributed by atoms with Crippen molar-refractivity contribution in [2.45, 2.75) is 19.8 Å². The van der Waals surface area contributed by atoms with E-state index in [2.05, 4.69) is 6.08 Å². The monoisotopic (exact) mass is 274 g/mol. The van der Waals surface area contributed by atoms with Gasteiger partial charge in [-0.3, -0.25) is 4.79 Å². The molecular weight excluding hydrogens is 252 g/mol. The molecule has 3 nitrogen and oxygen atoms in total. The van der Waals surface area contributed by atoms with Gasteiger partial charge in [-0.1, -0.05) is 24.3 Å². The molecule has 1 rings (SSSR count). The van der Waals surface area contributed by atoms with E-state index in [4.69, 9.17) is 9.47 Å². The van der Waals surface area contributed by atoms with Crippen molar-refractivity contribution in [2.24, 2.45) is 0 Å². The van der Waals surface area contributed by atoms with Gasteiger partial charge < -0.3 is 9.47 Å². The molecule has 0 aliphatic rings. The van der Waals surface area contributed by atoms with E-state index in [9.17, 15) is 4.79 Å². The average molecular weight is 274 g/mol. The first kappa shape index (κ1) is 16.2. The summed E-state index contributed by atoms with van der Waals surface area (Å²) in [6.07, 6.45) is 8.79. The van der Waals surface area contributed by atoms with Gasteiger partial charge >= 0.3 is 0 Å². The number of ether oxygens (including phenoxy) is 2. The third kappa shape index (κ3) is 6.34. The van der Waals surface area contributed by atoms with Crippen LogP contribution in [0.3, 0.4) is 0 Å². The molecule has 1 aromatic rings. The van der Waals surface area contributed by atoms with E-state index in [1.807, 2.05) is 43.3 Å². The first-order valence-electron chi connectivity index (χ1n) is 6.79. The molecule has 0 aromatic heterocycles. The normalized spacial score (nSPS) is 11.8. The number of unbranched alkanes of at least 4 members (excludes halogenated alkanes) is 1. The van der Waals surface area contributed by atoms with Crippen LogP contribution in [0.4, 0.5) is 0 Å². The number of benzene rings is 1. The van der Waals surface area contributed by atoms with Crippen LogP contribution in [0.5, 0.6) is 5.75 Å². The van der Waals surface area contributed by atoms with Crippen molar-refractivity contribution in [3.63, 3.8) is 0 Å². The summed E-state index contributed by atoms with van der Waals surface area (Å²) in [6.45, 7) is 3.02. The molecule has 0 saturated heterocycles. The van der Waals surface area contributed by atoms with Crippen LogP contribution < -0.4 is 4.74 Å². The lowest BCUT2D eigenvalue weighted by Gasteiger charge is -2.04. The molecule has 0 heterocycles. The largest absolute Gasteiger partial charge is 0.497 e. The highest BCUT2D eigenvalue weighted by atomic mass is 16.5. The van der Waals surface area contributed by atoms with Crippen LogP contribution >= 0.6 is 0 Å². The Morgan fingerprint density at radius 3 is 2.60 bits per heavy atom. The van der Waals surface area contributed by atoms with Gasteiger partial charge in [0.1, 0.15) is 12.0 Å². The Morgan fingerprint density at radius 2 is 2.00 bits per heavy atom. The Morgan fingerprint density at radius 1 is 1.25 bits per heavy atom. The van der Waals surface area contributed by atoms with Crippen molar-refractivity contribution >= 4 is 12.4 Å². The zero-order valence-electron chi connectivity index (χ0n) is 12.2. The molecule has 0 atom stereocenters. The smallest absolute Gasteiger partial charge is 0.148 e. The number of hydrogen-bond acceptors (Lipinski definition) is 3. The lowest BCUT2D eigenvalue weighted by atomic mass is 10.1. The maximum atomic E-state index is 11.0. The number of hydrogen-bond donors (Lipinski definition) is 0. The van der Waals surface area contributed by atoms with Crippen LogP contribution in [0.25, 0.3) is 6.08 Å². The predicted octanol–water partition coefficient (Wildman–Crippen LogP) is 3.65. The number of carbonyl (C=O) groups excluding carboxylic acids is 1. The van der Waals surface area contributed by atoms with E-state index in [0.29, 0.717) is 18.8 Å². The Kier molecular flexibility index (Phi) is 8.08. The zero-order chi connectivity index (χ0) is 14.6. The quantitative estimate of drug-likeness (QED) is 0.298. The minimum Gasteiger partial charge on any atom is -0.497 e. The maximum Gasteiger partial charge on any atom is 0.148 e. The van der Waals surface area contributed by atoms with Crippen LogP contribution in [-0.4, -0.2) is 26.6 Å². The van der Waals surface area contributed by atoms with Crippen molar-refractivity contribution in [2.75, 3.05) is 20.3 Å². The van der Waals surface area contributed by atoms with E-state index in [1.54, 1.807) is 7.11 Å². The third-order valence-corrected chi connectivity index (χ3v) is 2.78. The number of allylic oxidation sites excluding steroid dienone is 2. The van der Waals surface area contributed by atoms with Gasteiger partial charge in [0.15, 0.2) is 0 Å². The lowest BCUT2D eigenvalue weighted by Crippen LogP contribution is -2.01. The molecule has 0 aliphatic heterocycles. The van der Waals surface area contributed by atoms with Gasteiger partial charge in [-0.2, -0.15) is 0 Å². The van der Waals surface area contributed by atoms with Gasteiger partial charge in [0.25, 0.3) is 0 Å². The highest BCUT2D eigenvalue weighted by molar-refractivity contribution is 5.82. The highest BCUT2D eigenvalue weighted by Crippen LogP contribution is 2.13. The summed E-state index contributed by atoms with van der Waals surface area (Å²) in [5, 5.41) is 0. The van der Waals surface area contributed by atoms with Crippen molar-refractivity contribution < 1.29 is 14.3 Å². The van der Waals surface area contributed by atoms with Gasteiger partial charge in [0, 0.05) is 12.2 Å². The summed E-state index contributed by atoms with van der Waals surface area (Å²) >= 11 is 0. The van der Waals surface area contributed by atoms with Crippen LogP contribution in [0.1, 0.15) is 25.3 Å². The summed E-state index contributed by atoms with van der Waals surface area (Å²) in [6, 6.07) is 7.56. The van der Waals surface area contributed by atoms with Gasteiger partial charge in [-0.05, 0) is 43.5 Å². The van der Waals surface area contributed by atoms with Gasteiger partial charge in [-0.15, -0.1) is 0 Å². The Hall–Kier alpha value is -1.87. The minimum atomic E-state index is 0.353. The molecule has 0 N–H and O–H groups in total. The second kappa shape index (κ2) is 9.98. The van der Waals surface area contributed by atoms with E-state index in [-0.39, 0.29) is 0 Å². The molecule has 0 spiro atoms. The maximum absolute atomic E-state index is 11.0. The Bertz CT molecular complexity index is 444. The van der Waals surface area contributed by atoms with Crippen molar-refractivity contribution in [3.8, 4) is 5.75 Å². The first-order valence-corrected chi connectivity index (χ1v) is 6.79. The summed E-state index contributed by atoms with van der Waals surface area (Å²) in [5.41, 5.74) is 1.60. The topological polar surface area (TPSA) is 35.5 Å². The van der Waals surface area contributed by atoms with E-state index < -0.39 is 0 Å². The van der Waals surface area contributed by atoms with Crippen molar-refractivity contribution in [1.82, 2.24) is 0 Å². The Balaban J connectivity index is 2.43. The second-order valence-electron chi connectivity index (χ2n) is 4.37. The molecular formula is C17H22O3. The van der Waals surface area contributed by atoms with Crippen molar-refractivity contribution in [3.05, 3.63) is 47.6 Å². The molecule has 0 fully saturated rings. The molecule has 0 saturated carbocycles. The van der Waals surface area contributed by atoms with Gasteiger partial charge in [0.2, 0.25) is 0 Å². The second-order valence-corrected chi connectivity index (χ2v) is 4.37.